The van der Waals surface area contributed by atoms with Crippen LogP contribution in [-0.4, -0.2) is 55.9 Å². The fourth-order valence-corrected chi connectivity index (χ4v) is 3.52. The van der Waals surface area contributed by atoms with Crippen molar-refractivity contribution in [2.45, 2.75) is 25.1 Å². The highest BCUT2D eigenvalue weighted by Crippen LogP contribution is 2.17. The van der Waals surface area contributed by atoms with Gasteiger partial charge in [0.2, 0.25) is 0 Å². The zero-order chi connectivity index (χ0) is 16.4. The molecule has 9 heteroatoms. The van der Waals surface area contributed by atoms with Gasteiger partial charge in [0, 0.05) is 38.3 Å². The predicted octanol–water partition coefficient (Wildman–Crippen LogP) is 0.895. The summed E-state index contributed by atoms with van der Waals surface area (Å²) in [6.07, 6.45) is 1.61. The summed E-state index contributed by atoms with van der Waals surface area (Å²) in [6.45, 7) is 2.00. The van der Waals surface area contributed by atoms with E-state index in [0.717, 1.165) is 12.2 Å². The second kappa shape index (κ2) is 6.96. The number of aliphatic hydroxyl groups excluding tert-OH is 1. The molecule has 0 aromatic carbocycles. The largest absolute Gasteiger partial charge is 0.390 e. The van der Waals surface area contributed by atoms with Gasteiger partial charge in [0.15, 0.2) is 5.69 Å². The SMILES string of the molecule is Cn1cc(Cl)c(C(=O)N[C@@H]2CCN(Cc3cscn3)C[C@H]2O)n1. The van der Waals surface area contributed by atoms with Crippen LogP contribution in [0, 0.1) is 0 Å². The molecule has 2 aromatic rings. The molecule has 2 aromatic heterocycles. The Labute approximate surface area is 142 Å². The molecule has 0 unspecified atom stereocenters. The highest BCUT2D eigenvalue weighted by Gasteiger charge is 2.30. The number of rotatable bonds is 4. The van der Waals surface area contributed by atoms with Gasteiger partial charge >= 0.3 is 0 Å². The van der Waals surface area contributed by atoms with Gasteiger partial charge in [0.25, 0.3) is 5.91 Å². The molecule has 0 aliphatic carbocycles. The van der Waals surface area contributed by atoms with Gasteiger partial charge in [-0.25, -0.2) is 4.98 Å². The Bertz CT molecular complexity index is 675. The van der Waals surface area contributed by atoms with Crippen LogP contribution >= 0.6 is 22.9 Å². The number of aliphatic hydroxyl groups is 1. The zero-order valence-electron chi connectivity index (χ0n) is 12.6. The molecule has 3 heterocycles. The number of thiazole rings is 1. The van der Waals surface area contributed by atoms with Crippen molar-refractivity contribution in [1.29, 1.82) is 0 Å². The Hall–Kier alpha value is -1.48. The summed E-state index contributed by atoms with van der Waals surface area (Å²) in [4.78, 5) is 18.6. The molecule has 23 heavy (non-hydrogen) atoms. The number of halogens is 1. The lowest BCUT2D eigenvalue weighted by Crippen LogP contribution is -2.53. The van der Waals surface area contributed by atoms with Crippen molar-refractivity contribution in [1.82, 2.24) is 25.0 Å². The first-order chi connectivity index (χ1) is 11.0. The average molecular weight is 356 g/mol. The molecule has 124 valence electrons. The highest BCUT2D eigenvalue weighted by molar-refractivity contribution is 7.07. The van der Waals surface area contributed by atoms with Crippen LogP contribution < -0.4 is 5.32 Å². The average Bonchev–Trinajstić information content (AvgIpc) is 3.11. The monoisotopic (exact) mass is 355 g/mol. The Morgan fingerprint density at radius 2 is 2.43 bits per heavy atom. The second-order valence-electron chi connectivity index (χ2n) is 5.65. The van der Waals surface area contributed by atoms with Gasteiger partial charge in [-0.3, -0.25) is 14.4 Å². The van der Waals surface area contributed by atoms with E-state index in [1.165, 1.54) is 4.68 Å². The molecule has 0 radical (unpaired) electrons. The van der Waals surface area contributed by atoms with Crippen molar-refractivity contribution in [2.24, 2.45) is 7.05 Å². The lowest BCUT2D eigenvalue weighted by atomic mass is 10.0. The summed E-state index contributed by atoms with van der Waals surface area (Å²) < 4.78 is 1.49. The van der Waals surface area contributed by atoms with E-state index in [1.807, 2.05) is 5.38 Å². The van der Waals surface area contributed by atoms with Crippen molar-refractivity contribution in [3.05, 3.63) is 33.5 Å². The molecule has 1 saturated heterocycles. The fourth-order valence-electron chi connectivity index (χ4n) is 2.70. The molecular weight excluding hydrogens is 338 g/mol. The van der Waals surface area contributed by atoms with Crippen molar-refractivity contribution in [2.75, 3.05) is 13.1 Å². The number of aryl methyl sites for hydroxylation is 1. The van der Waals surface area contributed by atoms with Gasteiger partial charge < -0.3 is 10.4 Å². The number of aromatic nitrogens is 3. The third kappa shape index (κ3) is 3.89. The van der Waals surface area contributed by atoms with E-state index in [0.29, 0.717) is 24.5 Å². The maximum atomic E-state index is 12.2. The fraction of sp³-hybridized carbons (Fsp3) is 0.500. The minimum atomic E-state index is -0.631. The van der Waals surface area contributed by atoms with E-state index in [2.05, 4.69) is 20.3 Å². The number of hydrogen-bond acceptors (Lipinski definition) is 6. The van der Waals surface area contributed by atoms with Crippen LogP contribution in [0.2, 0.25) is 5.02 Å². The minimum absolute atomic E-state index is 0.186. The summed E-state index contributed by atoms with van der Waals surface area (Å²) in [7, 11) is 1.70. The second-order valence-corrected chi connectivity index (χ2v) is 6.78. The van der Waals surface area contributed by atoms with Crippen molar-refractivity contribution < 1.29 is 9.90 Å². The van der Waals surface area contributed by atoms with Crippen molar-refractivity contribution in [3.63, 3.8) is 0 Å². The number of nitrogens with zero attached hydrogens (tertiary/aromatic N) is 4. The summed E-state index contributed by atoms with van der Waals surface area (Å²) in [5.74, 6) is -0.354. The summed E-state index contributed by atoms with van der Waals surface area (Å²) in [5, 5.41) is 19.5. The van der Waals surface area contributed by atoms with E-state index >= 15 is 0 Å². The van der Waals surface area contributed by atoms with Crippen LogP contribution in [0.4, 0.5) is 0 Å². The molecule has 0 saturated carbocycles. The van der Waals surface area contributed by atoms with Crippen LogP contribution in [0.1, 0.15) is 22.6 Å². The number of nitrogens with one attached hydrogen (secondary N) is 1. The molecule has 1 fully saturated rings. The van der Waals surface area contributed by atoms with Crippen molar-refractivity contribution >= 4 is 28.8 Å². The van der Waals surface area contributed by atoms with Crippen molar-refractivity contribution in [3.8, 4) is 0 Å². The molecule has 0 spiro atoms. The smallest absolute Gasteiger partial charge is 0.273 e. The molecule has 1 aliphatic heterocycles. The van der Waals surface area contributed by atoms with Crippen LogP contribution in [0.15, 0.2) is 17.1 Å². The molecular formula is C14H18ClN5O2S. The topological polar surface area (TPSA) is 83.3 Å². The number of amides is 1. The zero-order valence-corrected chi connectivity index (χ0v) is 14.2. The Morgan fingerprint density at radius 3 is 3.04 bits per heavy atom. The molecule has 1 aliphatic rings. The number of hydrogen-bond donors (Lipinski definition) is 2. The number of likely N-dealkylation sites (tertiary alicyclic amines) is 1. The maximum absolute atomic E-state index is 12.2. The normalized spacial score (nSPS) is 22.2. The Morgan fingerprint density at radius 1 is 1.61 bits per heavy atom. The van der Waals surface area contributed by atoms with E-state index in [9.17, 15) is 9.90 Å². The number of carbonyl (C=O) groups excluding carboxylic acids is 1. The van der Waals surface area contributed by atoms with Crippen LogP contribution in [0.5, 0.6) is 0 Å². The molecule has 0 bridgehead atoms. The Kier molecular flexibility index (Phi) is 4.96. The lowest BCUT2D eigenvalue weighted by molar-refractivity contribution is 0.0344. The first-order valence-electron chi connectivity index (χ1n) is 7.30. The van der Waals surface area contributed by atoms with Gasteiger partial charge in [0.05, 0.1) is 28.4 Å². The third-order valence-corrected chi connectivity index (χ3v) is 4.76. The van der Waals surface area contributed by atoms with E-state index in [4.69, 9.17) is 11.6 Å². The van der Waals surface area contributed by atoms with E-state index in [-0.39, 0.29) is 17.6 Å². The van der Waals surface area contributed by atoms with Crippen LogP contribution in [-0.2, 0) is 13.6 Å². The number of carbonyl (C=O) groups is 1. The number of β-amino-alcohol motifs (C(OH)–C–C–N with tert-alkyl or cyclic N) is 1. The predicted molar refractivity (Wildman–Crippen MR) is 87.5 cm³/mol. The standard InChI is InChI=1S/C14H18ClN5O2S/c1-19-5-10(15)13(18-19)14(22)17-11-2-3-20(6-12(11)21)4-9-7-23-8-16-9/h5,7-8,11-12,21H,2-4,6H2,1H3,(H,17,22)/t11-,12-/m1/s1. The first kappa shape index (κ1) is 16.4. The number of piperidine rings is 1. The molecule has 3 rings (SSSR count). The summed E-state index contributed by atoms with van der Waals surface area (Å²) >= 11 is 7.54. The van der Waals surface area contributed by atoms with Gasteiger partial charge in [-0.2, -0.15) is 5.10 Å². The molecule has 2 N–H and O–H groups in total. The quantitative estimate of drug-likeness (QED) is 0.851. The van der Waals surface area contributed by atoms with Gasteiger partial charge in [0.1, 0.15) is 0 Å². The summed E-state index contributed by atoms with van der Waals surface area (Å²) in [6, 6.07) is -0.299. The van der Waals surface area contributed by atoms with E-state index < -0.39 is 6.10 Å². The van der Waals surface area contributed by atoms with Gasteiger partial charge in [-0.15, -0.1) is 11.3 Å². The van der Waals surface area contributed by atoms with Gasteiger partial charge in [-0.05, 0) is 6.42 Å². The Balaban J connectivity index is 1.56. The summed E-state index contributed by atoms with van der Waals surface area (Å²) in [5.41, 5.74) is 2.99. The lowest BCUT2D eigenvalue weighted by Gasteiger charge is -2.35. The third-order valence-electron chi connectivity index (χ3n) is 3.85. The van der Waals surface area contributed by atoms with Crippen LogP contribution in [0.3, 0.4) is 0 Å². The highest BCUT2D eigenvalue weighted by atomic mass is 35.5. The molecule has 1 amide bonds. The maximum Gasteiger partial charge on any atom is 0.273 e. The van der Waals surface area contributed by atoms with Crippen LogP contribution in [0.25, 0.3) is 0 Å². The first-order valence-corrected chi connectivity index (χ1v) is 8.62. The van der Waals surface area contributed by atoms with Gasteiger partial charge in [-0.1, -0.05) is 11.6 Å². The minimum Gasteiger partial charge on any atom is -0.390 e. The molecule has 7 nitrogen and oxygen atoms in total. The molecule has 2 atom stereocenters. The van der Waals surface area contributed by atoms with E-state index in [1.54, 1.807) is 30.1 Å².